The average Bonchev–Trinajstić information content (AvgIpc) is 2.88. The summed E-state index contributed by atoms with van der Waals surface area (Å²) in [5, 5.41) is 12.5. The SMILES string of the molecule is C[C@@H](NC(=O)[C@@H]1CC[C@H](C(=O)O)C1)c1cccc(Cl)c1. The molecule has 1 saturated carbocycles. The van der Waals surface area contributed by atoms with Crippen LogP contribution in [0.4, 0.5) is 0 Å². The minimum absolute atomic E-state index is 0.0683. The summed E-state index contributed by atoms with van der Waals surface area (Å²) >= 11 is 5.93. The first kappa shape index (κ1) is 14.9. The molecular weight excluding hydrogens is 278 g/mol. The zero-order valence-corrected chi connectivity index (χ0v) is 12.1. The van der Waals surface area contributed by atoms with Gasteiger partial charge in [-0.15, -0.1) is 0 Å². The van der Waals surface area contributed by atoms with Crippen molar-refractivity contribution in [2.45, 2.75) is 32.2 Å². The van der Waals surface area contributed by atoms with E-state index in [1.807, 2.05) is 25.1 Å². The summed E-state index contributed by atoms with van der Waals surface area (Å²) in [7, 11) is 0. The van der Waals surface area contributed by atoms with E-state index in [-0.39, 0.29) is 23.8 Å². The Bertz CT molecular complexity index is 518. The Labute approximate surface area is 123 Å². The maximum Gasteiger partial charge on any atom is 0.306 e. The summed E-state index contributed by atoms with van der Waals surface area (Å²) in [5.74, 6) is -1.45. The molecule has 5 heteroatoms. The number of benzene rings is 1. The van der Waals surface area contributed by atoms with Crippen molar-refractivity contribution in [3.63, 3.8) is 0 Å². The zero-order valence-electron chi connectivity index (χ0n) is 11.3. The van der Waals surface area contributed by atoms with Crippen molar-refractivity contribution in [2.24, 2.45) is 11.8 Å². The zero-order chi connectivity index (χ0) is 14.7. The predicted octanol–water partition coefficient (Wildman–Crippen LogP) is 3.02. The monoisotopic (exact) mass is 295 g/mol. The van der Waals surface area contributed by atoms with E-state index in [0.29, 0.717) is 24.3 Å². The predicted molar refractivity (Wildman–Crippen MR) is 76.5 cm³/mol. The summed E-state index contributed by atoms with van der Waals surface area (Å²) in [6.07, 6.45) is 1.66. The number of hydrogen-bond acceptors (Lipinski definition) is 2. The lowest BCUT2D eigenvalue weighted by molar-refractivity contribution is -0.141. The molecule has 1 amide bonds. The molecule has 1 aliphatic carbocycles. The van der Waals surface area contributed by atoms with E-state index < -0.39 is 5.97 Å². The molecule has 0 radical (unpaired) electrons. The number of carbonyl (C=O) groups excluding carboxylic acids is 1. The molecule has 0 heterocycles. The third kappa shape index (κ3) is 3.51. The number of hydrogen-bond donors (Lipinski definition) is 2. The van der Waals surface area contributed by atoms with Crippen LogP contribution in [0.3, 0.4) is 0 Å². The van der Waals surface area contributed by atoms with E-state index >= 15 is 0 Å². The smallest absolute Gasteiger partial charge is 0.306 e. The number of rotatable bonds is 4. The third-order valence-electron chi connectivity index (χ3n) is 3.86. The number of nitrogens with one attached hydrogen (secondary N) is 1. The second kappa shape index (κ2) is 6.27. The van der Waals surface area contributed by atoms with E-state index in [1.165, 1.54) is 0 Å². The van der Waals surface area contributed by atoms with Crippen molar-refractivity contribution in [1.29, 1.82) is 0 Å². The summed E-state index contributed by atoms with van der Waals surface area (Å²) in [5.41, 5.74) is 0.943. The van der Waals surface area contributed by atoms with Gasteiger partial charge in [-0.05, 0) is 43.9 Å². The lowest BCUT2D eigenvalue weighted by Crippen LogP contribution is -2.32. The Kier molecular flexibility index (Phi) is 4.65. The van der Waals surface area contributed by atoms with Crippen molar-refractivity contribution in [2.75, 3.05) is 0 Å². The van der Waals surface area contributed by atoms with Gasteiger partial charge in [0.05, 0.1) is 12.0 Å². The van der Waals surface area contributed by atoms with E-state index in [1.54, 1.807) is 6.07 Å². The van der Waals surface area contributed by atoms with Gasteiger partial charge in [-0.3, -0.25) is 9.59 Å². The van der Waals surface area contributed by atoms with Crippen LogP contribution in [0.1, 0.15) is 37.8 Å². The molecule has 0 saturated heterocycles. The van der Waals surface area contributed by atoms with Crippen molar-refractivity contribution in [3.05, 3.63) is 34.9 Å². The fourth-order valence-corrected chi connectivity index (χ4v) is 2.83. The molecule has 1 aromatic rings. The second-order valence-electron chi connectivity index (χ2n) is 5.33. The maximum absolute atomic E-state index is 12.1. The first-order chi connectivity index (χ1) is 9.47. The topological polar surface area (TPSA) is 66.4 Å². The van der Waals surface area contributed by atoms with Crippen molar-refractivity contribution in [3.8, 4) is 0 Å². The normalized spacial score (nSPS) is 23.3. The van der Waals surface area contributed by atoms with Crippen molar-refractivity contribution < 1.29 is 14.7 Å². The molecule has 2 rings (SSSR count). The molecule has 1 aromatic carbocycles. The first-order valence-electron chi connectivity index (χ1n) is 6.76. The molecule has 20 heavy (non-hydrogen) atoms. The lowest BCUT2D eigenvalue weighted by atomic mass is 10.0. The van der Waals surface area contributed by atoms with E-state index in [9.17, 15) is 9.59 Å². The quantitative estimate of drug-likeness (QED) is 0.897. The number of carbonyl (C=O) groups is 2. The van der Waals surface area contributed by atoms with Crippen LogP contribution in [0.25, 0.3) is 0 Å². The minimum atomic E-state index is -0.803. The van der Waals surface area contributed by atoms with Gasteiger partial charge >= 0.3 is 5.97 Å². The molecule has 0 bridgehead atoms. The molecule has 1 fully saturated rings. The molecule has 0 spiro atoms. The van der Waals surface area contributed by atoms with Gasteiger partial charge < -0.3 is 10.4 Å². The number of halogens is 1. The van der Waals surface area contributed by atoms with Gasteiger partial charge in [0.15, 0.2) is 0 Å². The molecule has 4 nitrogen and oxygen atoms in total. The van der Waals surface area contributed by atoms with Crippen LogP contribution in [0.5, 0.6) is 0 Å². The molecule has 108 valence electrons. The Balaban J connectivity index is 1.93. The van der Waals surface area contributed by atoms with Gasteiger partial charge in [0.1, 0.15) is 0 Å². The molecule has 0 unspecified atom stereocenters. The summed E-state index contributed by atoms with van der Waals surface area (Å²) in [4.78, 5) is 23.0. The van der Waals surface area contributed by atoms with Crippen LogP contribution in [-0.2, 0) is 9.59 Å². The van der Waals surface area contributed by atoms with Crippen molar-refractivity contribution >= 4 is 23.5 Å². The van der Waals surface area contributed by atoms with Gasteiger partial charge in [0.2, 0.25) is 5.91 Å². The Morgan fingerprint density at radius 3 is 2.65 bits per heavy atom. The van der Waals surface area contributed by atoms with Crippen LogP contribution in [0, 0.1) is 11.8 Å². The minimum Gasteiger partial charge on any atom is -0.481 e. The Hall–Kier alpha value is -1.55. The number of aliphatic carboxylic acids is 1. The standard InChI is InChI=1S/C15H18ClNO3/c1-9(10-3-2-4-13(16)8-10)17-14(18)11-5-6-12(7-11)15(19)20/h2-4,8-9,11-12H,5-7H2,1H3,(H,17,18)(H,19,20)/t9-,11-,12+/m1/s1. The van der Waals surface area contributed by atoms with Crippen molar-refractivity contribution in [1.82, 2.24) is 5.32 Å². The maximum atomic E-state index is 12.1. The molecule has 1 aliphatic rings. The Morgan fingerprint density at radius 2 is 2.05 bits per heavy atom. The van der Waals surface area contributed by atoms with Gasteiger partial charge in [-0.1, -0.05) is 23.7 Å². The summed E-state index contributed by atoms with van der Waals surface area (Å²) < 4.78 is 0. The van der Waals surface area contributed by atoms with Gasteiger partial charge in [0, 0.05) is 10.9 Å². The molecule has 0 aromatic heterocycles. The van der Waals surface area contributed by atoms with Crippen LogP contribution in [0.15, 0.2) is 24.3 Å². The first-order valence-corrected chi connectivity index (χ1v) is 7.14. The Morgan fingerprint density at radius 1 is 1.35 bits per heavy atom. The van der Waals surface area contributed by atoms with E-state index in [0.717, 1.165) is 5.56 Å². The van der Waals surface area contributed by atoms with Crippen LogP contribution >= 0.6 is 11.6 Å². The van der Waals surface area contributed by atoms with E-state index in [2.05, 4.69) is 5.32 Å². The van der Waals surface area contributed by atoms with Gasteiger partial charge in [0.25, 0.3) is 0 Å². The fourth-order valence-electron chi connectivity index (χ4n) is 2.63. The second-order valence-corrected chi connectivity index (χ2v) is 5.77. The highest BCUT2D eigenvalue weighted by Crippen LogP contribution is 2.31. The molecule has 0 aliphatic heterocycles. The van der Waals surface area contributed by atoms with Gasteiger partial charge in [-0.25, -0.2) is 0 Å². The van der Waals surface area contributed by atoms with Crippen LogP contribution in [-0.4, -0.2) is 17.0 Å². The number of amides is 1. The van der Waals surface area contributed by atoms with Crippen LogP contribution in [0.2, 0.25) is 5.02 Å². The molecule has 2 N–H and O–H groups in total. The fraction of sp³-hybridized carbons (Fsp3) is 0.467. The highest BCUT2D eigenvalue weighted by atomic mass is 35.5. The lowest BCUT2D eigenvalue weighted by Gasteiger charge is -2.17. The molecule has 3 atom stereocenters. The van der Waals surface area contributed by atoms with E-state index in [4.69, 9.17) is 16.7 Å². The largest absolute Gasteiger partial charge is 0.481 e. The third-order valence-corrected chi connectivity index (χ3v) is 4.10. The summed E-state index contributed by atoms with van der Waals surface area (Å²) in [6.45, 7) is 1.90. The molecular formula is C15H18ClNO3. The van der Waals surface area contributed by atoms with Crippen LogP contribution < -0.4 is 5.32 Å². The van der Waals surface area contributed by atoms with Gasteiger partial charge in [-0.2, -0.15) is 0 Å². The average molecular weight is 296 g/mol. The highest BCUT2D eigenvalue weighted by molar-refractivity contribution is 6.30. The highest BCUT2D eigenvalue weighted by Gasteiger charge is 2.34. The summed E-state index contributed by atoms with van der Waals surface area (Å²) in [6, 6.07) is 7.22. The number of carboxylic acids is 1. The number of carboxylic acid groups (broad SMARTS) is 1.